The van der Waals surface area contributed by atoms with E-state index in [1.807, 2.05) is 0 Å². The van der Waals surface area contributed by atoms with E-state index < -0.39 is 10.0 Å². The first-order valence-electron chi connectivity index (χ1n) is 6.01. The van der Waals surface area contributed by atoms with Crippen molar-refractivity contribution in [3.63, 3.8) is 0 Å². The molecule has 2 heterocycles. The molecule has 3 aromatic rings. The number of rotatable bonds is 4. The summed E-state index contributed by atoms with van der Waals surface area (Å²) in [5.41, 5.74) is 0. The number of hydrogen-bond donors (Lipinski definition) is 1. The molecule has 0 spiro atoms. The number of anilines is 1. The Balaban J connectivity index is 1.93. The maximum atomic E-state index is 12.3. The summed E-state index contributed by atoms with van der Waals surface area (Å²) in [7, 11) is -3.85. The Morgan fingerprint density at radius 3 is 2.68 bits per heavy atom. The molecule has 0 saturated carbocycles. The highest BCUT2D eigenvalue weighted by Gasteiger charge is 2.18. The molecule has 8 nitrogen and oxygen atoms in total. The van der Waals surface area contributed by atoms with Gasteiger partial charge >= 0.3 is 0 Å². The van der Waals surface area contributed by atoms with E-state index in [-0.39, 0.29) is 15.7 Å². The molecule has 0 bridgehead atoms. The molecule has 0 amide bonds. The SMILES string of the molecule is O=S(=O)(Nc1cc(-n2cncn2)ncn1)c1ccccc1Cl. The van der Waals surface area contributed by atoms with Crippen molar-refractivity contribution in [2.45, 2.75) is 4.90 Å². The summed E-state index contributed by atoms with van der Waals surface area (Å²) >= 11 is 5.91. The van der Waals surface area contributed by atoms with Crippen LogP contribution in [0.3, 0.4) is 0 Å². The number of hydrogen-bond acceptors (Lipinski definition) is 6. The van der Waals surface area contributed by atoms with Gasteiger partial charge in [-0.1, -0.05) is 23.7 Å². The molecule has 0 aliphatic carbocycles. The van der Waals surface area contributed by atoms with Crippen LogP contribution in [-0.2, 0) is 10.0 Å². The van der Waals surface area contributed by atoms with Crippen molar-refractivity contribution in [3.05, 3.63) is 54.3 Å². The second kappa shape index (κ2) is 5.70. The molecule has 0 aliphatic heterocycles. The van der Waals surface area contributed by atoms with E-state index in [0.29, 0.717) is 5.82 Å². The third-order valence-corrected chi connectivity index (χ3v) is 4.53. The van der Waals surface area contributed by atoms with Gasteiger partial charge < -0.3 is 0 Å². The summed E-state index contributed by atoms with van der Waals surface area (Å²) in [6.45, 7) is 0. The molecular formula is C12H9ClN6O2S. The minimum Gasteiger partial charge on any atom is -0.263 e. The van der Waals surface area contributed by atoms with Crippen molar-refractivity contribution in [1.29, 1.82) is 0 Å². The zero-order chi connectivity index (χ0) is 15.6. The number of halogens is 1. The highest BCUT2D eigenvalue weighted by Crippen LogP contribution is 2.22. The van der Waals surface area contributed by atoms with E-state index in [1.54, 1.807) is 12.1 Å². The Hall–Kier alpha value is -2.52. The lowest BCUT2D eigenvalue weighted by Gasteiger charge is -2.09. The van der Waals surface area contributed by atoms with Crippen molar-refractivity contribution >= 4 is 27.4 Å². The lowest BCUT2D eigenvalue weighted by Crippen LogP contribution is -2.15. The summed E-state index contributed by atoms with van der Waals surface area (Å²) < 4.78 is 28.4. The van der Waals surface area contributed by atoms with E-state index in [2.05, 4.69) is 24.8 Å². The summed E-state index contributed by atoms with van der Waals surface area (Å²) in [6.07, 6.45) is 4.01. The fraction of sp³-hybridized carbons (Fsp3) is 0. The maximum Gasteiger partial charge on any atom is 0.264 e. The molecule has 3 rings (SSSR count). The average molecular weight is 337 g/mol. The second-order valence-electron chi connectivity index (χ2n) is 4.14. The molecule has 0 atom stereocenters. The van der Waals surface area contributed by atoms with Crippen LogP contribution in [0, 0.1) is 0 Å². The largest absolute Gasteiger partial charge is 0.264 e. The normalized spacial score (nSPS) is 11.3. The van der Waals surface area contributed by atoms with Crippen LogP contribution < -0.4 is 4.72 Å². The van der Waals surface area contributed by atoms with Crippen LogP contribution in [0.15, 0.2) is 54.2 Å². The van der Waals surface area contributed by atoms with Gasteiger partial charge in [0.15, 0.2) is 5.82 Å². The van der Waals surface area contributed by atoms with Gasteiger partial charge in [-0.05, 0) is 12.1 Å². The van der Waals surface area contributed by atoms with Crippen LogP contribution in [0.4, 0.5) is 5.82 Å². The summed E-state index contributed by atoms with van der Waals surface area (Å²) in [5.74, 6) is 0.477. The molecule has 112 valence electrons. The molecule has 22 heavy (non-hydrogen) atoms. The molecule has 1 N–H and O–H groups in total. The summed E-state index contributed by atoms with van der Waals surface area (Å²) in [6, 6.07) is 7.57. The van der Waals surface area contributed by atoms with Crippen LogP contribution >= 0.6 is 11.6 Å². The fourth-order valence-electron chi connectivity index (χ4n) is 1.71. The predicted octanol–water partition coefficient (Wildman–Crippen LogP) is 1.51. The number of nitrogens with zero attached hydrogens (tertiary/aromatic N) is 5. The Kier molecular flexibility index (Phi) is 3.73. The molecule has 1 aromatic carbocycles. The highest BCUT2D eigenvalue weighted by molar-refractivity contribution is 7.92. The van der Waals surface area contributed by atoms with Crippen molar-refractivity contribution in [1.82, 2.24) is 24.7 Å². The van der Waals surface area contributed by atoms with Crippen molar-refractivity contribution in [2.75, 3.05) is 4.72 Å². The average Bonchev–Trinajstić information content (AvgIpc) is 3.01. The van der Waals surface area contributed by atoms with Gasteiger partial charge in [-0.25, -0.2) is 28.1 Å². The Labute approximate surface area is 130 Å². The smallest absolute Gasteiger partial charge is 0.263 e. The Morgan fingerprint density at radius 2 is 1.95 bits per heavy atom. The predicted molar refractivity (Wildman–Crippen MR) is 79.2 cm³/mol. The molecule has 10 heteroatoms. The minimum atomic E-state index is -3.85. The van der Waals surface area contributed by atoms with E-state index in [0.717, 1.165) is 0 Å². The first-order chi connectivity index (χ1) is 10.6. The first kappa shape index (κ1) is 14.4. The zero-order valence-electron chi connectivity index (χ0n) is 11.0. The van der Waals surface area contributed by atoms with Gasteiger partial charge in [-0.3, -0.25) is 4.72 Å². The number of nitrogens with one attached hydrogen (secondary N) is 1. The first-order valence-corrected chi connectivity index (χ1v) is 7.87. The van der Waals surface area contributed by atoms with E-state index in [4.69, 9.17) is 11.6 Å². The molecule has 0 aliphatic rings. The fourth-order valence-corrected chi connectivity index (χ4v) is 3.23. The van der Waals surface area contributed by atoms with Gasteiger partial charge in [-0.15, -0.1) is 0 Å². The number of aromatic nitrogens is 5. The van der Waals surface area contributed by atoms with Gasteiger partial charge in [0.2, 0.25) is 0 Å². The van der Waals surface area contributed by atoms with Crippen molar-refractivity contribution in [2.24, 2.45) is 0 Å². The highest BCUT2D eigenvalue weighted by atomic mass is 35.5. The van der Waals surface area contributed by atoms with E-state index in [1.165, 1.54) is 41.9 Å². The van der Waals surface area contributed by atoms with Crippen LogP contribution in [0.1, 0.15) is 0 Å². The van der Waals surface area contributed by atoms with Gasteiger partial charge in [-0.2, -0.15) is 5.10 Å². The lowest BCUT2D eigenvalue weighted by molar-refractivity contribution is 0.601. The molecular weight excluding hydrogens is 328 g/mol. The quantitative estimate of drug-likeness (QED) is 0.774. The van der Waals surface area contributed by atoms with Gasteiger partial charge in [0.1, 0.15) is 29.7 Å². The molecule has 0 fully saturated rings. The van der Waals surface area contributed by atoms with Crippen LogP contribution in [-0.4, -0.2) is 33.2 Å². The molecule has 0 saturated heterocycles. The molecule has 0 unspecified atom stereocenters. The summed E-state index contributed by atoms with van der Waals surface area (Å²) in [5, 5.41) is 4.04. The standard InChI is InChI=1S/C12H9ClN6O2S/c13-9-3-1-2-4-10(9)22(20,21)18-11-5-12(16-7-15-11)19-8-14-6-17-19/h1-8H,(H,15,16,18). The Morgan fingerprint density at radius 1 is 1.14 bits per heavy atom. The number of benzene rings is 1. The third-order valence-electron chi connectivity index (χ3n) is 2.67. The second-order valence-corrected chi connectivity index (χ2v) is 6.20. The molecule has 2 aromatic heterocycles. The lowest BCUT2D eigenvalue weighted by atomic mass is 10.4. The van der Waals surface area contributed by atoms with E-state index >= 15 is 0 Å². The van der Waals surface area contributed by atoms with Gasteiger partial charge in [0.05, 0.1) is 5.02 Å². The third kappa shape index (κ3) is 2.90. The van der Waals surface area contributed by atoms with Crippen molar-refractivity contribution < 1.29 is 8.42 Å². The minimum absolute atomic E-state index is 0.0300. The van der Waals surface area contributed by atoms with Crippen LogP contribution in [0.5, 0.6) is 0 Å². The van der Waals surface area contributed by atoms with Gasteiger partial charge in [0.25, 0.3) is 10.0 Å². The van der Waals surface area contributed by atoms with Crippen LogP contribution in [0.25, 0.3) is 5.82 Å². The topological polar surface area (TPSA) is 103 Å². The van der Waals surface area contributed by atoms with Crippen molar-refractivity contribution in [3.8, 4) is 5.82 Å². The van der Waals surface area contributed by atoms with Gasteiger partial charge in [0, 0.05) is 6.07 Å². The monoisotopic (exact) mass is 336 g/mol. The maximum absolute atomic E-state index is 12.3. The Bertz CT molecular complexity index is 897. The molecule has 0 radical (unpaired) electrons. The summed E-state index contributed by atoms with van der Waals surface area (Å²) in [4.78, 5) is 11.6. The zero-order valence-corrected chi connectivity index (χ0v) is 12.5. The number of sulfonamides is 1. The van der Waals surface area contributed by atoms with Crippen LogP contribution in [0.2, 0.25) is 5.02 Å². The van der Waals surface area contributed by atoms with E-state index in [9.17, 15) is 8.42 Å².